The van der Waals surface area contributed by atoms with Crippen molar-refractivity contribution in [2.24, 2.45) is 0 Å². The average Bonchev–Trinajstić information content (AvgIpc) is 3.14. The van der Waals surface area contributed by atoms with Crippen LogP contribution >= 0.6 is 11.6 Å². The van der Waals surface area contributed by atoms with Crippen LogP contribution < -0.4 is 10.1 Å². The molecule has 2 aromatic carbocycles. The number of fused-ring (bicyclic) bond motifs is 1. The smallest absolute Gasteiger partial charge is 0.262 e. The predicted molar refractivity (Wildman–Crippen MR) is 102 cm³/mol. The molecule has 0 radical (unpaired) electrons. The van der Waals surface area contributed by atoms with Gasteiger partial charge in [-0.05, 0) is 30.3 Å². The number of amides is 1. The first kappa shape index (κ1) is 17.9. The number of ether oxygens (including phenoxy) is 1. The van der Waals surface area contributed by atoms with E-state index in [1.165, 1.54) is 18.5 Å². The molecular formula is C19H13ClFN5O2. The Hall–Kier alpha value is -3.52. The molecule has 0 unspecified atom stereocenters. The maximum atomic E-state index is 13.8. The lowest BCUT2D eigenvalue weighted by Gasteiger charge is -2.08. The number of anilines is 1. The summed E-state index contributed by atoms with van der Waals surface area (Å²) in [4.78, 5) is 20.4. The molecule has 0 fully saturated rings. The van der Waals surface area contributed by atoms with E-state index in [1.807, 2.05) is 30.3 Å². The van der Waals surface area contributed by atoms with Gasteiger partial charge in [-0.2, -0.15) is 5.10 Å². The fourth-order valence-electron chi connectivity index (χ4n) is 2.61. The zero-order valence-corrected chi connectivity index (χ0v) is 15.1. The van der Waals surface area contributed by atoms with Gasteiger partial charge in [0.2, 0.25) is 5.88 Å². The van der Waals surface area contributed by atoms with Crippen LogP contribution in [0.4, 0.5) is 10.1 Å². The first-order valence-corrected chi connectivity index (χ1v) is 8.61. The number of aromatic nitrogens is 4. The molecule has 1 N–H and O–H groups in total. The summed E-state index contributed by atoms with van der Waals surface area (Å²) in [5, 5.41) is 7.53. The van der Waals surface area contributed by atoms with Crippen LogP contribution in [0.5, 0.6) is 5.88 Å². The van der Waals surface area contributed by atoms with Gasteiger partial charge in [-0.25, -0.2) is 19.0 Å². The summed E-state index contributed by atoms with van der Waals surface area (Å²) in [7, 11) is 0. The number of carbonyl (C=O) groups excluding carboxylic acids is 1. The SMILES string of the molecule is O=C(COc1ncnc2c1cnn2-c1ccccc1)Nc1ccc(Cl)cc1F. The van der Waals surface area contributed by atoms with Crippen LogP contribution in [-0.4, -0.2) is 32.3 Å². The van der Waals surface area contributed by atoms with Gasteiger partial charge in [0.15, 0.2) is 12.3 Å². The van der Waals surface area contributed by atoms with Crippen molar-refractivity contribution in [3.8, 4) is 11.6 Å². The Labute approximate surface area is 163 Å². The van der Waals surface area contributed by atoms with Crippen molar-refractivity contribution in [1.29, 1.82) is 0 Å². The van der Waals surface area contributed by atoms with Gasteiger partial charge in [-0.1, -0.05) is 29.8 Å². The average molecular weight is 398 g/mol. The Morgan fingerprint density at radius 2 is 2.00 bits per heavy atom. The zero-order chi connectivity index (χ0) is 19.5. The minimum absolute atomic E-state index is 0.0164. The van der Waals surface area contributed by atoms with Crippen molar-refractivity contribution in [2.45, 2.75) is 0 Å². The molecule has 0 aliphatic carbocycles. The summed E-state index contributed by atoms with van der Waals surface area (Å²) < 4.78 is 20.9. The molecule has 0 saturated heterocycles. The number of rotatable bonds is 5. The van der Waals surface area contributed by atoms with E-state index < -0.39 is 11.7 Å². The molecule has 0 atom stereocenters. The third-order valence-corrected chi connectivity index (χ3v) is 4.11. The molecule has 0 aliphatic rings. The number of hydrogen-bond acceptors (Lipinski definition) is 5. The molecule has 2 heterocycles. The van der Waals surface area contributed by atoms with Gasteiger partial charge in [0, 0.05) is 5.02 Å². The lowest BCUT2D eigenvalue weighted by Crippen LogP contribution is -2.21. The van der Waals surface area contributed by atoms with Crippen molar-refractivity contribution >= 4 is 34.2 Å². The third-order valence-electron chi connectivity index (χ3n) is 3.88. The second kappa shape index (κ2) is 7.61. The number of para-hydroxylation sites is 1. The van der Waals surface area contributed by atoms with E-state index in [-0.39, 0.29) is 23.2 Å². The van der Waals surface area contributed by atoms with Crippen molar-refractivity contribution in [2.75, 3.05) is 11.9 Å². The largest absolute Gasteiger partial charge is 0.467 e. The van der Waals surface area contributed by atoms with E-state index in [4.69, 9.17) is 16.3 Å². The molecule has 9 heteroatoms. The highest BCUT2D eigenvalue weighted by molar-refractivity contribution is 6.30. The molecule has 2 aromatic heterocycles. The fourth-order valence-corrected chi connectivity index (χ4v) is 2.77. The summed E-state index contributed by atoms with van der Waals surface area (Å²) in [6.07, 6.45) is 2.89. The van der Waals surface area contributed by atoms with E-state index in [0.29, 0.717) is 11.0 Å². The molecule has 0 aliphatic heterocycles. The lowest BCUT2D eigenvalue weighted by molar-refractivity contribution is -0.118. The van der Waals surface area contributed by atoms with Crippen molar-refractivity contribution in [3.05, 3.63) is 71.9 Å². The molecule has 1 amide bonds. The molecule has 4 rings (SSSR count). The van der Waals surface area contributed by atoms with Gasteiger partial charge in [-0.15, -0.1) is 0 Å². The van der Waals surface area contributed by atoms with Crippen LogP contribution in [-0.2, 0) is 4.79 Å². The molecule has 28 heavy (non-hydrogen) atoms. The minimum Gasteiger partial charge on any atom is -0.467 e. The molecular weight excluding hydrogens is 385 g/mol. The fraction of sp³-hybridized carbons (Fsp3) is 0.0526. The van der Waals surface area contributed by atoms with Crippen LogP contribution in [0.25, 0.3) is 16.7 Å². The second-order valence-electron chi connectivity index (χ2n) is 5.77. The summed E-state index contributed by atoms with van der Waals surface area (Å²) in [5.74, 6) is -0.961. The third kappa shape index (κ3) is 3.63. The normalized spacial score (nSPS) is 10.8. The summed E-state index contributed by atoms with van der Waals surface area (Å²) in [6, 6.07) is 13.4. The quantitative estimate of drug-likeness (QED) is 0.556. The van der Waals surface area contributed by atoms with E-state index in [1.54, 1.807) is 10.9 Å². The predicted octanol–water partition coefficient (Wildman–Crippen LogP) is 3.63. The first-order chi connectivity index (χ1) is 13.6. The van der Waals surface area contributed by atoms with E-state index in [9.17, 15) is 9.18 Å². The van der Waals surface area contributed by atoms with Crippen LogP contribution in [0.15, 0.2) is 61.1 Å². The van der Waals surface area contributed by atoms with E-state index in [2.05, 4.69) is 20.4 Å². The van der Waals surface area contributed by atoms with E-state index in [0.717, 1.165) is 11.8 Å². The second-order valence-corrected chi connectivity index (χ2v) is 6.21. The highest BCUT2D eigenvalue weighted by Gasteiger charge is 2.14. The van der Waals surface area contributed by atoms with Crippen molar-refractivity contribution < 1.29 is 13.9 Å². The van der Waals surface area contributed by atoms with Gasteiger partial charge >= 0.3 is 0 Å². The van der Waals surface area contributed by atoms with Gasteiger partial charge in [0.25, 0.3) is 5.91 Å². The Bertz CT molecular complexity index is 1150. The monoisotopic (exact) mass is 397 g/mol. The van der Waals surface area contributed by atoms with Crippen molar-refractivity contribution in [3.63, 3.8) is 0 Å². The van der Waals surface area contributed by atoms with Crippen LogP contribution in [0.1, 0.15) is 0 Å². The number of carbonyl (C=O) groups is 1. The van der Waals surface area contributed by atoms with Crippen LogP contribution in [0.2, 0.25) is 5.02 Å². The number of benzene rings is 2. The summed E-state index contributed by atoms with van der Waals surface area (Å²) in [5.41, 5.74) is 1.39. The highest BCUT2D eigenvalue weighted by atomic mass is 35.5. The first-order valence-electron chi connectivity index (χ1n) is 8.23. The Morgan fingerprint density at radius 3 is 2.79 bits per heavy atom. The number of hydrogen-bond donors (Lipinski definition) is 1. The van der Waals surface area contributed by atoms with Crippen LogP contribution in [0, 0.1) is 5.82 Å². The molecule has 0 saturated carbocycles. The highest BCUT2D eigenvalue weighted by Crippen LogP contribution is 2.23. The molecule has 4 aromatic rings. The maximum absolute atomic E-state index is 13.8. The van der Waals surface area contributed by atoms with Gasteiger partial charge in [0.1, 0.15) is 17.5 Å². The van der Waals surface area contributed by atoms with E-state index >= 15 is 0 Å². The molecule has 0 spiro atoms. The number of nitrogens with zero attached hydrogens (tertiary/aromatic N) is 4. The standard InChI is InChI=1S/C19H13ClFN5O2/c20-12-6-7-16(15(21)8-12)25-17(27)10-28-19-14-9-24-26(18(14)22-11-23-19)13-4-2-1-3-5-13/h1-9,11H,10H2,(H,25,27). The zero-order valence-electron chi connectivity index (χ0n) is 14.3. The lowest BCUT2D eigenvalue weighted by atomic mass is 10.3. The molecule has 140 valence electrons. The Kier molecular flexibility index (Phi) is 4.86. The summed E-state index contributed by atoms with van der Waals surface area (Å²) in [6.45, 7) is -0.356. The van der Waals surface area contributed by atoms with Gasteiger partial charge in [0.05, 0.1) is 17.6 Å². The number of nitrogens with one attached hydrogen (secondary N) is 1. The van der Waals surface area contributed by atoms with Gasteiger partial charge in [-0.3, -0.25) is 4.79 Å². The molecule has 7 nitrogen and oxygen atoms in total. The Morgan fingerprint density at radius 1 is 1.18 bits per heavy atom. The van der Waals surface area contributed by atoms with Crippen LogP contribution in [0.3, 0.4) is 0 Å². The van der Waals surface area contributed by atoms with Gasteiger partial charge < -0.3 is 10.1 Å². The summed E-state index contributed by atoms with van der Waals surface area (Å²) >= 11 is 5.70. The number of halogens is 2. The Balaban J connectivity index is 1.51. The maximum Gasteiger partial charge on any atom is 0.262 e. The van der Waals surface area contributed by atoms with Crippen molar-refractivity contribution in [1.82, 2.24) is 19.7 Å². The topological polar surface area (TPSA) is 81.9 Å². The molecule has 0 bridgehead atoms. The minimum atomic E-state index is -0.630.